The monoisotopic (exact) mass is 300 g/mol. The van der Waals surface area contributed by atoms with Crippen molar-refractivity contribution < 1.29 is 14.2 Å². The number of hydrogen-bond acceptors (Lipinski definition) is 2. The number of rotatable bonds is 5. The molecule has 0 spiro atoms. The second-order valence-electron chi connectivity index (χ2n) is 5.61. The number of hydrogen-bond donors (Lipinski definition) is 1. The van der Waals surface area contributed by atoms with E-state index in [0.29, 0.717) is 16.5 Å². The maximum absolute atomic E-state index is 13.8. The van der Waals surface area contributed by atoms with Crippen LogP contribution in [0.5, 0.6) is 0 Å². The van der Waals surface area contributed by atoms with Crippen molar-refractivity contribution in [3.05, 3.63) is 34.6 Å². The molecular weight excluding hydrogens is 279 g/mol. The summed E-state index contributed by atoms with van der Waals surface area (Å²) in [5, 5.41) is 10.8. The first-order chi connectivity index (χ1) is 9.61. The van der Waals surface area contributed by atoms with Crippen molar-refractivity contribution in [1.82, 2.24) is 0 Å². The lowest BCUT2D eigenvalue weighted by molar-refractivity contribution is -0.0538. The first-order valence-electron chi connectivity index (χ1n) is 7.26. The highest BCUT2D eigenvalue weighted by Crippen LogP contribution is 2.30. The van der Waals surface area contributed by atoms with Gasteiger partial charge in [-0.25, -0.2) is 4.39 Å². The number of methoxy groups -OCH3 is 1. The molecule has 0 bridgehead atoms. The minimum absolute atomic E-state index is 0.217. The highest BCUT2D eigenvalue weighted by atomic mass is 35.5. The molecule has 4 heteroatoms. The highest BCUT2D eigenvalue weighted by molar-refractivity contribution is 6.30. The number of benzene rings is 1. The van der Waals surface area contributed by atoms with Gasteiger partial charge >= 0.3 is 0 Å². The van der Waals surface area contributed by atoms with Crippen molar-refractivity contribution in [3.8, 4) is 0 Å². The van der Waals surface area contributed by atoms with Gasteiger partial charge in [-0.2, -0.15) is 0 Å². The molecule has 0 amide bonds. The minimum Gasteiger partial charge on any atom is -0.390 e. The third kappa shape index (κ3) is 3.94. The molecule has 1 aliphatic carbocycles. The van der Waals surface area contributed by atoms with Gasteiger partial charge in [0.25, 0.3) is 0 Å². The van der Waals surface area contributed by atoms with Crippen LogP contribution in [0.25, 0.3) is 0 Å². The van der Waals surface area contributed by atoms with Crippen LogP contribution >= 0.6 is 11.6 Å². The van der Waals surface area contributed by atoms with E-state index < -0.39 is 6.10 Å². The maximum Gasteiger partial charge on any atom is 0.127 e. The van der Waals surface area contributed by atoms with Crippen LogP contribution in [-0.4, -0.2) is 24.4 Å². The molecule has 0 saturated heterocycles. The topological polar surface area (TPSA) is 29.5 Å². The van der Waals surface area contributed by atoms with Gasteiger partial charge in [0.05, 0.1) is 12.2 Å². The molecule has 1 aromatic rings. The number of halogens is 2. The molecule has 1 aromatic carbocycles. The molecule has 1 N–H and O–H groups in total. The Morgan fingerprint density at radius 1 is 1.35 bits per heavy atom. The zero-order valence-corrected chi connectivity index (χ0v) is 12.6. The molecule has 0 aliphatic heterocycles. The molecule has 2 unspecified atom stereocenters. The Morgan fingerprint density at radius 3 is 2.65 bits per heavy atom. The second kappa shape index (κ2) is 7.39. The fraction of sp³-hybridized carbons (Fsp3) is 0.625. The van der Waals surface area contributed by atoms with Crippen molar-refractivity contribution in [2.75, 3.05) is 7.11 Å². The zero-order valence-electron chi connectivity index (χ0n) is 11.8. The van der Waals surface area contributed by atoms with E-state index in [-0.39, 0.29) is 18.3 Å². The summed E-state index contributed by atoms with van der Waals surface area (Å²) in [4.78, 5) is 0. The molecule has 0 heterocycles. The predicted molar refractivity (Wildman–Crippen MR) is 78.5 cm³/mol. The minimum atomic E-state index is -0.682. The fourth-order valence-corrected chi connectivity index (χ4v) is 3.31. The second-order valence-corrected chi connectivity index (χ2v) is 6.04. The Morgan fingerprint density at radius 2 is 2.05 bits per heavy atom. The van der Waals surface area contributed by atoms with Crippen molar-refractivity contribution in [1.29, 1.82) is 0 Å². The standard InChI is InChI=1S/C16H22ClFO2/c1-20-16(11-5-3-2-4-6-11)15(19)9-12-7-8-13(17)10-14(12)18/h7-8,10-11,15-16,19H,2-6,9H2,1H3. The van der Waals surface area contributed by atoms with Gasteiger partial charge in [0.15, 0.2) is 0 Å². The fourth-order valence-electron chi connectivity index (χ4n) is 3.16. The Hall–Kier alpha value is -0.640. The number of aliphatic hydroxyl groups excluding tert-OH is 1. The lowest BCUT2D eigenvalue weighted by atomic mass is 9.82. The van der Waals surface area contributed by atoms with Gasteiger partial charge in [-0.1, -0.05) is 36.9 Å². The first-order valence-corrected chi connectivity index (χ1v) is 7.64. The molecule has 1 fully saturated rings. The molecule has 112 valence electrons. The maximum atomic E-state index is 13.8. The Labute approximate surface area is 124 Å². The quantitative estimate of drug-likeness (QED) is 0.891. The van der Waals surface area contributed by atoms with Gasteiger partial charge < -0.3 is 9.84 Å². The van der Waals surface area contributed by atoms with E-state index in [1.807, 2.05) is 0 Å². The zero-order chi connectivity index (χ0) is 14.5. The summed E-state index contributed by atoms with van der Waals surface area (Å²) in [5.41, 5.74) is 0.486. The van der Waals surface area contributed by atoms with Gasteiger partial charge in [-0.3, -0.25) is 0 Å². The van der Waals surface area contributed by atoms with Crippen LogP contribution in [0.1, 0.15) is 37.7 Å². The SMILES string of the molecule is COC(C(O)Cc1ccc(Cl)cc1F)C1CCCCC1. The van der Waals surface area contributed by atoms with Crippen LogP contribution in [0.3, 0.4) is 0 Å². The molecular formula is C16H22ClFO2. The molecule has 1 saturated carbocycles. The highest BCUT2D eigenvalue weighted by Gasteiger charge is 2.30. The molecule has 20 heavy (non-hydrogen) atoms. The lowest BCUT2D eigenvalue weighted by Gasteiger charge is -2.32. The van der Waals surface area contributed by atoms with Crippen molar-refractivity contribution in [2.45, 2.75) is 50.7 Å². The summed E-state index contributed by atoms with van der Waals surface area (Å²) in [6.45, 7) is 0. The average molecular weight is 301 g/mol. The molecule has 0 radical (unpaired) electrons. The summed E-state index contributed by atoms with van der Waals surface area (Å²) in [7, 11) is 1.63. The van der Waals surface area contributed by atoms with Crippen LogP contribution in [0.15, 0.2) is 18.2 Å². The van der Waals surface area contributed by atoms with Crippen LogP contribution in [0.4, 0.5) is 4.39 Å². The van der Waals surface area contributed by atoms with Crippen LogP contribution in [-0.2, 0) is 11.2 Å². The van der Waals surface area contributed by atoms with Crippen molar-refractivity contribution in [2.24, 2.45) is 5.92 Å². The van der Waals surface area contributed by atoms with Crippen LogP contribution in [0.2, 0.25) is 5.02 Å². The van der Waals surface area contributed by atoms with E-state index in [1.54, 1.807) is 19.2 Å². The van der Waals surface area contributed by atoms with E-state index in [1.165, 1.54) is 25.3 Å². The number of ether oxygens (including phenoxy) is 1. The molecule has 2 rings (SSSR count). The van der Waals surface area contributed by atoms with Crippen molar-refractivity contribution in [3.63, 3.8) is 0 Å². The summed E-state index contributed by atoms with van der Waals surface area (Å²) < 4.78 is 19.3. The van der Waals surface area contributed by atoms with Gasteiger partial charge in [0, 0.05) is 18.6 Å². The normalized spacial score (nSPS) is 19.8. The Kier molecular flexibility index (Phi) is 5.82. The smallest absolute Gasteiger partial charge is 0.127 e. The molecule has 0 aromatic heterocycles. The Bertz CT molecular complexity index is 432. The number of aliphatic hydroxyl groups is 1. The van der Waals surface area contributed by atoms with E-state index >= 15 is 0 Å². The summed E-state index contributed by atoms with van der Waals surface area (Å²) in [6, 6.07) is 4.57. The van der Waals surface area contributed by atoms with E-state index in [4.69, 9.17) is 16.3 Å². The largest absolute Gasteiger partial charge is 0.390 e. The van der Waals surface area contributed by atoms with Gasteiger partial charge in [-0.15, -0.1) is 0 Å². The molecule has 2 nitrogen and oxygen atoms in total. The summed E-state index contributed by atoms with van der Waals surface area (Å²) in [6.07, 6.45) is 5.16. The summed E-state index contributed by atoms with van der Waals surface area (Å²) in [5.74, 6) is 0.00848. The predicted octanol–water partition coefficient (Wildman–Crippen LogP) is 3.98. The van der Waals surface area contributed by atoms with E-state index in [2.05, 4.69) is 0 Å². The third-order valence-electron chi connectivity index (χ3n) is 4.21. The Balaban J connectivity index is 2.02. The average Bonchev–Trinajstić information content (AvgIpc) is 2.44. The van der Waals surface area contributed by atoms with Crippen LogP contribution in [0, 0.1) is 11.7 Å². The van der Waals surface area contributed by atoms with E-state index in [0.717, 1.165) is 12.8 Å². The van der Waals surface area contributed by atoms with Crippen molar-refractivity contribution >= 4 is 11.6 Å². The van der Waals surface area contributed by atoms with Crippen LogP contribution < -0.4 is 0 Å². The first kappa shape index (κ1) is 15.7. The molecule has 1 aliphatic rings. The van der Waals surface area contributed by atoms with E-state index in [9.17, 15) is 9.50 Å². The summed E-state index contributed by atoms with van der Waals surface area (Å²) >= 11 is 5.74. The lowest BCUT2D eigenvalue weighted by Crippen LogP contribution is -2.37. The van der Waals surface area contributed by atoms with Gasteiger partial charge in [0.2, 0.25) is 0 Å². The van der Waals surface area contributed by atoms with Gasteiger partial charge in [-0.05, 0) is 36.5 Å². The molecule has 2 atom stereocenters. The third-order valence-corrected chi connectivity index (χ3v) is 4.45. The van der Waals surface area contributed by atoms with Gasteiger partial charge in [0.1, 0.15) is 5.82 Å².